The molecular formula is C21H22Cl2N2O3. The molecule has 0 spiro atoms. The highest BCUT2D eigenvalue weighted by Gasteiger charge is 2.27. The van der Waals surface area contributed by atoms with E-state index in [1.807, 2.05) is 36.1 Å². The number of benzene rings is 2. The Morgan fingerprint density at radius 3 is 2.43 bits per heavy atom. The summed E-state index contributed by atoms with van der Waals surface area (Å²) in [4.78, 5) is 27.2. The number of likely N-dealkylation sites (tertiary alicyclic amines) is 1. The standard InChI is InChI=1S/C21H22Cl2N2O3/c1-13-4-3-5-14(12-13)21(27)25-10-8-15(9-11-25)24-20(26)18-16(22)6-7-17(23)19(18)28-2/h3-7,12,15H,8-11H2,1-2H3,(H,24,26). The summed E-state index contributed by atoms with van der Waals surface area (Å²) in [6.07, 6.45) is 1.34. The van der Waals surface area contributed by atoms with E-state index in [2.05, 4.69) is 5.32 Å². The fourth-order valence-electron chi connectivity index (χ4n) is 3.39. The molecule has 3 rings (SSSR count). The normalized spacial score (nSPS) is 14.6. The number of nitrogens with zero attached hydrogens (tertiary/aromatic N) is 1. The summed E-state index contributed by atoms with van der Waals surface area (Å²) >= 11 is 12.3. The van der Waals surface area contributed by atoms with Crippen molar-refractivity contribution in [2.24, 2.45) is 0 Å². The average Bonchev–Trinajstić information content (AvgIpc) is 2.69. The van der Waals surface area contributed by atoms with Crippen molar-refractivity contribution in [1.29, 1.82) is 0 Å². The lowest BCUT2D eigenvalue weighted by Gasteiger charge is -2.32. The highest BCUT2D eigenvalue weighted by Crippen LogP contribution is 2.34. The number of hydrogen-bond donors (Lipinski definition) is 1. The molecule has 2 aromatic carbocycles. The second kappa shape index (κ2) is 8.84. The molecule has 0 atom stereocenters. The first-order valence-electron chi connectivity index (χ1n) is 9.09. The van der Waals surface area contributed by atoms with Gasteiger partial charge in [0.25, 0.3) is 11.8 Å². The first-order valence-corrected chi connectivity index (χ1v) is 9.85. The SMILES string of the molecule is COc1c(Cl)ccc(Cl)c1C(=O)NC1CCN(C(=O)c2cccc(C)c2)CC1. The van der Waals surface area contributed by atoms with Gasteiger partial charge in [0.2, 0.25) is 0 Å². The van der Waals surface area contributed by atoms with E-state index >= 15 is 0 Å². The van der Waals surface area contributed by atoms with Crippen molar-refractivity contribution in [1.82, 2.24) is 10.2 Å². The predicted molar refractivity (Wildman–Crippen MR) is 111 cm³/mol. The van der Waals surface area contributed by atoms with Gasteiger partial charge >= 0.3 is 0 Å². The summed E-state index contributed by atoms with van der Waals surface area (Å²) in [5.41, 5.74) is 1.98. The molecule has 1 saturated heterocycles. The molecule has 0 aromatic heterocycles. The Hall–Kier alpha value is -2.24. The van der Waals surface area contributed by atoms with Crippen molar-refractivity contribution in [3.63, 3.8) is 0 Å². The second-order valence-electron chi connectivity index (χ2n) is 6.85. The zero-order chi connectivity index (χ0) is 20.3. The van der Waals surface area contributed by atoms with E-state index in [1.54, 1.807) is 12.1 Å². The van der Waals surface area contributed by atoms with E-state index in [0.29, 0.717) is 36.5 Å². The average molecular weight is 421 g/mol. The minimum absolute atomic E-state index is 0.0213. The number of halogens is 2. The second-order valence-corrected chi connectivity index (χ2v) is 7.66. The molecule has 1 fully saturated rings. The Bertz CT molecular complexity index is 893. The van der Waals surface area contributed by atoms with Gasteiger partial charge in [0.05, 0.1) is 17.2 Å². The van der Waals surface area contributed by atoms with Crippen LogP contribution in [0.3, 0.4) is 0 Å². The largest absolute Gasteiger partial charge is 0.494 e. The monoisotopic (exact) mass is 420 g/mol. The van der Waals surface area contributed by atoms with Gasteiger partial charge in [-0.3, -0.25) is 9.59 Å². The van der Waals surface area contributed by atoms with Crippen LogP contribution in [0.25, 0.3) is 0 Å². The zero-order valence-corrected chi connectivity index (χ0v) is 17.3. The molecule has 2 amide bonds. The molecule has 0 aliphatic carbocycles. The lowest BCUT2D eigenvalue weighted by molar-refractivity contribution is 0.0698. The van der Waals surface area contributed by atoms with E-state index in [1.165, 1.54) is 7.11 Å². The van der Waals surface area contributed by atoms with Crippen molar-refractivity contribution >= 4 is 35.0 Å². The number of carbonyl (C=O) groups excluding carboxylic acids is 2. The van der Waals surface area contributed by atoms with E-state index < -0.39 is 0 Å². The quantitative estimate of drug-likeness (QED) is 0.799. The lowest BCUT2D eigenvalue weighted by Crippen LogP contribution is -2.46. The van der Waals surface area contributed by atoms with Crippen LogP contribution in [-0.4, -0.2) is 43.0 Å². The van der Waals surface area contributed by atoms with Gasteiger partial charge in [-0.15, -0.1) is 0 Å². The molecule has 1 aliphatic heterocycles. The number of carbonyl (C=O) groups is 2. The molecule has 1 heterocycles. The third-order valence-electron chi connectivity index (χ3n) is 4.87. The molecule has 0 unspecified atom stereocenters. The van der Waals surface area contributed by atoms with Gasteiger partial charge in [-0.1, -0.05) is 40.9 Å². The van der Waals surface area contributed by atoms with Gasteiger partial charge in [0, 0.05) is 24.7 Å². The summed E-state index contributed by atoms with van der Waals surface area (Å²) in [6.45, 7) is 3.13. The van der Waals surface area contributed by atoms with Crippen LogP contribution in [0.2, 0.25) is 10.0 Å². The number of amides is 2. The lowest BCUT2D eigenvalue weighted by atomic mass is 10.0. The van der Waals surface area contributed by atoms with Crippen molar-refractivity contribution in [3.05, 3.63) is 63.1 Å². The van der Waals surface area contributed by atoms with Crippen molar-refractivity contribution < 1.29 is 14.3 Å². The summed E-state index contributed by atoms with van der Waals surface area (Å²) in [7, 11) is 1.45. The Morgan fingerprint density at radius 1 is 1.11 bits per heavy atom. The predicted octanol–water partition coefficient (Wildman–Crippen LogP) is 4.35. The van der Waals surface area contributed by atoms with E-state index in [4.69, 9.17) is 27.9 Å². The molecular weight excluding hydrogens is 399 g/mol. The summed E-state index contributed by atoms with van der Waals surface area (Å²) in [5, 5.41) is 3.60. The van der Waals surface area contributed by atoms with Crippen molar-refractivity contribution in [2.75, 3.05) is 20.2 Å². The maximum Gasteiger partial charge on any atom is 0.256 e. The first kappa shape index (κ1) is 20.5. The molecule has 5 nitrogen and oxygen atoms in total. The molecule has 2 aromatic rings. The van der Waals surface area contributed by atoms with Crippen LogP contribution in [0.15, 0.2) is 36.4 Å². The van der Waals surface area contributed by atoms with Crippen LogP contribution in [-0.2, 0) is 0 Å². The Kier molecular flexibility index (Phi) is 6.47. The van der Waals surface area contributed by atoms with Gasteiger partial charge in [0.1, 0.15) is 5.56 Å². The number of piperidine rings is 1. The number of ether oxygens (including phenoxy) is 1. The van der Waals surface area contributed by atoms with Crippen LogP contribution >= 0.6 is 23.2 Å². The van der Waals surface area contributed by atoms with E-state index in [-0.39, 0.29) is 34.2 Å². The number of nitrogens with one attached hydrogen (secondary N) is 1. The summed E-state index contributed by atoms with van der Waals surface area (Å²) < 4.78 is 5.24. The van der Waals surface area contributed by atoms with Gasteiger partial charge < -0.3 is 15.0 Å². The number of methoxy groups -OCH3 is 1. The maximum absolute atomic E-state index is 12.7. The third kappa shape index (κ3) is 4.42. The van der Waals surface area contributed by atoms with Gasteiger partial charge in [-0.25, -0.2) is 0 Å². The van der Waals surface area contributed by atoms with Crippen LogP contribution in [0.1, 0.15) is 39.1 Å². The molecule has 1 aliphatic rings. The maximum atomic E-state index is 12.7. The highest BCUT2D eigenvalue weighted by atomic mass is 35.5. The van der Waals surface area contributed by atoms with E-state index in [0.717, 1.165) is 5.56 Å². The molecule has 0 bridgehead atoms. The minimum Gasteiger partial charge on any atom is -0.494 e. The number of hydrogen-bond acceptors (Lipinski definition) is 3. The van der Waals surface area contributed by atoms with Crippen LogP contribution in [0.4, 0.5) is 0 Å². The molecule has 0 saturated carbocycles. The van der Waals surface area contributed by atoms with Gasteiger partial charge in [-0.05, 0) is 44.0 Å². The van der Waals surface area contributed by atoms with Gasteiger partial charge in [0.15, 0.2) is 5.75 Å². The summed E-state index contributed by atoms with van der Waals surface area (Å²) in [5.74, 6) is -0.0421. The van der Waals surface area contributed by atoms with Crippen molar-refractivity contribution in [3.8, 4) is 5.75 Å². The van der Waals surface area contributed by atoms with Crippen LogP contribution in [0, 0.1) is 6.92 Å². The van der Waals surface area contributed by atoms with E-state index in [9.17, 15) is 9.59 Å². The minimum atomic E-state index is -0.326. The number of rotatable bonds is 4. The zero-order valence-electron chi connectivity index (χ0n) is 15.8. The fourth-order valence-corrected chi connectivity index (χ4v) is 3.86. The van der Waals surface area contributed by atoms with Crippen molar-refractivity contribution in [2.45, 2.75) is 25.8 Å². The Labute approximate surface area is 174 Å². The topological polar surface area (TPSA) is 58.6 Å². The van der Waals surface area contributed by atoms with Crippen LogP contribution < -0.4 is 10.1 Å². The molecule has 7 heteroatoms. The smallest absolute Gasteiger partial charge is 0.256 e. The molecule has 1 N–H and O–H groups in total. The molecule has 148 valence electrons. The first-order chi connectivity index (χ1) is 13.4. The van der Waals surface area contributed by atoms with Gasteiger partial charge in [-0.2, -0.15) is 0 Å². The Balaban J connectivity index is 1.63. The third-order valence-corrected chi connectivity index (χ3v) is 5.48. The highest BCUT2D eigenvalue weighted by molar-refractivity contribution is 6.37. The summed E-state index contributed by atoms with van der Waals surface area (Å²) in [6, 6.07) is 10.7. The molecule has 0 radical (unpaired) electrons. The van der Waals surface area contributed by atoms with Crippen LogP contribution in [0.5, 0.6) is 5.75 Å². The fraction of sp³-hybridized carbons (Fsp3) is 0.333. The number of aryl methyl sites for hydroxylation is 1. The Morgan fingerprint density at radius 2 is 1.79 bits per heavy atom. The molecule has 28 heavy (non-hydrogen) atoms.